The lowest BCUT2D eigenvalue weighted by molar-refractivity contribution is 0.0583. The number of carbonyl (C=O) groups excluding carboxylic acids is 4. The van der Waals surface area contributed by atoms with Crippen molar-refractivity contribution in [2.24, 2.45) is 7.05 Å². The highest BCUT2D eigenvalue weighted by Gasteiger charge is 2.27. The Balaban J connectivity index is 0.000000491. The van der Waals surface area contributed by atoms with Crippen molar-refractivity contribution >= 4 is 46.8 Å². The van der Waals surface area contributed by atoms with E-state index >= 15 is 0 Å². The van der Waals surface area contributed by atoms with Crippen molar-refractivity contribution in [1.82, 2.24) is 9.55 Å². The van der Waals surface area contributed by atoms with Gasteiger partial charge in [0.15, 0.2) is 5.69 Å². The van der Waals surface area contributed by atoms with E-state index in [9.17, 15) is 19.2 Å². The van der Waals surface area contributed by atoms with Crippen molar-refractivity contribution in [3.05, 3.63) is 94.6 Å². The molecule has 0 bridgehead atoms. The van der Waals surface area contributed by atoms with Gasteiger partial charge in [0.05, 0.1) is 25.6 Å². The maximum Gasteiger partial charge on any atom is 0.356 e. The Labute approximate surface area is 302 Å². The van der Waals surface area contributed by atoms with Crippen molar-refractivity contribution in [2.45, 2.75) is 81.1 Å². The molecule has 0 aliphatic carbocycles. The summed E-state index contributed by atoms with van der Waals surface area (Å²) in [5.74, 6) is -1.03. The summed E-state index contributed by atoms with van der Waals surface area (Å²) in [7, 11) is 4.41. The third-order valence-corrected chi connectivity index (χ3v) is 7.51. The van der Waals surface area contributed by atoms with Crippen LogP contribution in [0.2, 0.25) is 0 Å². The first-order chi connectivity index (χ1) is 22.8. The Morgan fingerprint density at radius 1 is 0.627 bits per heavy atom. The molecule has 278 valence electrons. The highest BCUT2D eigenvalue weighted by atomic mass is 16.5. The largest absolute Gasteiger partial charge is 0.464 e. The molecule has 4 aromatic rings. The van der Waals surface area contributed by atoms with E-state index in [0.717, 1.165) is 22.5 Å². The second kappa shape index (κ2) is 17.9. The van der Waals surface area contributed by atoms with Crippen molar-refractivity contribution in [2.75, 3.05) is 35.5 Å². The standard InChI is InChI=1S/C19H25N3O3.C18H23N3O3.2CH4/c1-12-7-9-13(10-8-12)20-18(24)21-14-11-15(19(2,3)4)22(5)16(14)17(23)25-6;1-11-6-8-12(9-7-11)19-17(23)20-13-10-14(18(2,3)4)21-15(13)16(22)24-5;;/h7-11H,1-6H3,(H2,20,21,24);6-10,21H,1-5H3,(H2,19,20,23);2*1H4. The number of methoxy groups -OCH3 is 2. The molecule has 5 N–H and O–H groups in total. The van der Waals surface area contributed by atoms with Crippen LogP contribution in [0, 0.1) is 13.8 Å². The van der Waals surface area contributed by atoms with Crippen LogP contribution in [0.5, 0.6) is 0 Å². The molecule has 12 nitrogen and oxygen atoms in total. The molecule has 4 amide bonds. The van der Waals surface area contributed by atoms with Crippen LogP contribution in [0.3, 0.4) is 0 Å². The highest BCUT2D eigenvalue weighted by Crippen LogP contribution is 2.31. The summed E-state index contributed by atoms with van der Waals surface area (Å²) in [4.78, 5) is 51.6. The van der Waals surface area contributed by atoms with Crippen molar-refractivity contribution in [1.29, 1.82) is 0 Å². The van der Waals surface area contributed by atoms with Crippen molar-refractivity contribution < 1.29 is 28.7 Å². The predicted molar refractivity (Wildman–Crippen MR) is 207 cm³/mol. The third kappa shape index (κ3) is 11.8. The topological polar surface area (TPSA) is 156 Å². The lowest BCUT2D eigenvalue weighted by Gasteiger charge is -2.19. The molecule has 2 aromatic carbocycles. The molecule has 0 radical (unpaired) electrons. The number of anilines is 4. The number of carbonyl (C=O) groups is 4. The van der Waals surface area contributed by atoms with Gasteiger partial charge < -0.3 is 40.3 Å². The number of esters is 2. The average Bonchev–Trinajstić information content (AvgIpc) is 3.60. The first-order valence-corrected chi connectivity index (χ1v) is 15.7. The van der Waals surface area contributed by atoms with Gasteiger partial charge in [-0.25, -0.2) is 19.2 Å². The lowest BCUT2D eigenvalue weighted by atomic mass is 9.92. The van der Waals surface area contributed by atoms with Gasteiger partial charge >= 0.3 is 24.0 Å². The number of hydrogen-bond acceptors (Lipinski definition) is 6. The van der Waals surface area contributed by atoms with Crippen LogP contribution in [0.25, 0.3) is 0 Å². The number of amides is 4. The minimum atomic E-state index is -0.531. The third-order valence-electron chi connectivity index (χ3n) is 7.51. The molecule has 2 heterocycles. The Kier molecular flexibility index (Phi) is 15.3. The molecule has 51 heavy (non-hydrogen) atoms. The highest BCUT2D eigenvalue weighted by molar-refractivity contribution is 6.05. The van der Waals surface area contributed by atoms with Crippen LogP contribution in [0.15, 0.2) is 60.7 Å². The quantitative estimate of drug-likeness (QED) is 0.126. The smallest absolute Gasteiger partial charge is 0.356 e. The summed E-state index contributed by atoms with van der Waals surface area (Å²) in [6.07, 6.45) is 0. The van der Waals surface area contributed by atoms with Crippen molar-refractivity contribution in [3.63, 3.8) is 0 Å². The summed E-state index contributed by atoms with van der Waals surface area (Å²) < 4.78 is 11.4. The lowest BCUT2D eigenvalue weighted by Crippen LogP contribution is -2.21. The number of nitrogens with zero attached hydrogens (tertiary/aromatic N) is 1. The Bertz CT molecular complexity index is 1790. The van der Waals surface area contributed by atoms with Crippen molar-refractivity contribution in [3.8, 4) is 0 Å². The zero-order chi connectivity index (χ0) is 36.7. The summed E-state index contributed by atoms with van der Waals surface area (Å²) in [5.41, 5.74) is 6.26. The van der Waals surface area contributed by atoms with E-state index < -0.39 is 24.0 Å². The van der Waals surface area contributed by atoms with Gasteiger partial charge in [-0.2, -0.15) is 0 Å². The number of urea groups is 2. The van der Waals surface area contributed by atoms with Gasteiger partial charge in [0.2, 0.25) is 0 Å². The molecule has 2 aromatic heterocycles. The molecule has 0 saturated heterocycles. The fourth-order valence-electron chi connectivity index (χ4n) is 4.82. The fourth-order valence-corrected chi connectivity index (χ4v) is 4.82. The minimum absolute atomic E-state index is 0. The van der Waals surface area contributed by atoms with E-state index in [-0.39, 0.29) is 31.4 Å². The predicted octanol–water partition coefficient (Wildman–Crippen LogP) is 9.39. The maximum absolute atomic E-state index is 12.3. The first-order valence-electron chi connectivity index (χ1n) is 15.7. The molecule has 12 heteroatoms. The van der Waals surface area contributed by atoms with E-state index in [4.69, 9.17) is 9.47 Å². The van der Waals surface area contributed by atoms with Crippen LogP contribution in [-0.4, -0.2) is 47.8 Å². The molecule has 0 aliphatic heterocycles. The summed E-state index contributed by atoms with van der Waals surface area (Å²) >= 11 is 0. The molecular weight excluding hydrogens is 648 g/mol. The van der Waals surface area contributed by atoms with E-state index in [1.165, 1.54) is 14.2 Å². The molecule has 0 unspecified atom stereocenters. The van der Waals surface area contributed by atoms with Gasteiger partial charge in [0.1, 0.15) is 5.69 Å². The van der Waals surface area contributed by atoms with Gasteiger partial charge in [0, 0.05) is 40.6 Å². The Hall–Kier alpha value is -5.52. The Morgan fingerprint density at radius 2 is 1.06 bits per heavy atom. The summed E-state index contributed by atoms with van der Waals surface area (Å²) in [5, 5.41) is 10.9. The zero-order valence-corrected chi connectivity index (χ0v) is 30.2. The summed E-state index contributed by atoms with van der Waals surface area (Å²) in [6.45, 7) is 16.1. The fraction of sp³-hybridized carbons (Fsp3) is 0.385. The van der Waals surface area contributed by atoms with Crippen LogP contribution < -0.4 is 21.3 Å². The normalized spacial score (nSPS) is 10.6. The first kappa shape index (κ1) is 43.5. The zero-order valence-electron chi connectivity index (χ0n) is 30.2. The van der Waals surface area contributed by atoms with E-state index in [2.05, 4.69) is 26.3 Å². The van der Waals surface area contributed by atoms with E-state index in [0.29, 0.717) is 28.4 Å². The van der Waals surface area contributed by atoms with Gasteiger partial charge in [-0.15, -0.1) is 0 Å². The Morgan fingerprint density at radius 3 is 1.45 bits per heavy atom. The second-order valence-electron chi connectivity index (χ2n) is 13.7. The molecule has 0 aliphatic rings. The van der Waals surface area contributed by atoms with Crippen LogP contribution in [0.1, 0.15) is 99.9 Å². The number of ether oxygens (including phenoxy) is 2. The number of H-pyrrole nitrogens is 1. The molecule has 0 saturated carbocycles. The number of aryl methyl sites for hydroxylation is 2. The van der Waals surface area contributed by atoms with Crippen LogP contribution in [0.4, 0.5) is 32.3 Å². The number of rotatable bonds is 6. The summed E-state index contributed by atoms with van der Waals surface area (Å²) in [6, 6.07) is 17.6. The van der Waals surface area contributed by atoms with Gasteiger partial charge in [-0.3, -0.25) is 0 Å². The van der Waals surface area contributed by atoms with Gasteiger partial charge in [0.25, 0.3) is 0 Å². The molecule has 0 spiro atoms. The molecule has 0 atom stereocenters. The van der Waals surface area contributed by atoms with E-state index in [1.54, 1.807) is 23.7 Å². The number of benzene rings is 2. The minimum Gasteiger partial charge on any atom is -0.464 e. The monoisotopic (exact) mass is 704 g/mol. The van der Waals surface area contributed by atoms with Gasteiger partial charge in [-0.1, -0.05) is 91.8 Å². The SMILES string of the molecule is C.C.COC(=O)c1[nH]c(C(C)(C)C)cc1NC(=O)Nc1ccc(C)cc1.COC(=O)c1c(NC(=O)Nc2ccc(C)cc2)cc(C(C)(C)C)n1C. The number of nitrogens with one attached hydrogen (secondary N) is 5. The number of hydrogen-bond donors (Lipinski definition) is 5. The maximum atomic E-state index is 12.3. The number of aromatic amines is 1. The van der Waals surface area contributed by atoms with E-state index in [1.807, 2.05) is 104 Å². The molecular formula is C39H56N6O6. The number of aromatic nitrogens is 2. The average molecular weight is 705 g/mol. The van der Waals surface area contributed by atoms with Gasteiger partial charge in [-0.05, 0) is 50.2 Å². The molecule has 0 fully saturated rings. The van der Waals surface area contributed by atoms with Crippen LogP contribution >= 0.6 is 0 Å². The molecule has 4 rings (SSSR count). The van der Waals surface area contributed by atoms with Crippen LogP contribution in [-0.2, 0) is 27.4 Å². The second-order valence-corrected chi connectivity index (χ2v) is 13.7.